The van der Waals surface area contributed by atoms with E-state index in [1.807, 2.05) is 24.3 Å². The minimum Gasteiger partial charge on any atom is -0.481 e. The summed E-state index contributed by atoms with van der Waals surface area (Å²) in [4.78, 5) is 36.2. The van der Waals surface area contributed by atoms with Gasteiger partial charge in [0.05, 0.1) is 6.42 Å². The molecule has 3 N–H and O–H groups in total. The van der Waals surface area contributed by atoms with Crippen LogP contribution in [0.4, 0.5) is 4.79 Å². The van der Waals surface area contributed by atoms with Crippen molar-refractivity contribution >= 4 is 18.0 Å². The van der Waals surface area contributed by atoms with Gasteiger partial charge in [0.25, 0.3) is 0 Å². The number of benzene rings is 2. The third-order valence-electron chi connectivity index (χ3n) is 6.97. The quantitative estimate of drug-likeness (QED) is 0.540. The molecule has 180 valence electrons. The maximum atomic E-state index is 12.7. The number of carbonyl (C=O) groups is 3. The fraction of sp³-hybridized carbons (Fsp3) is 0.444. The summed E-state index contributed by atoms with van der Waals surface area (Å²) in [6, 6.07) is 16.0. The number of carboxylic acids is 1. The van der Waals surface area contributed by atoms with Gasteiger partial charge in [-0.3, -0.25) is 9.59 Å². The van der Waals surface area contributed by atoms with Crippen molar-refractivity contribution in [1.82, 2.24) is 10.6 Å². The van der Waals surface area contributed by atoms with Gasteiger partial charge in [0.1, 0.15) is 6.61 Å². The maximum absolute atomic E-state index is 12.7. The number of hydrogen-bond acceptors (Lipinski definition) is 4. The highest BCUT2D eigenvalue weighted by atomic mass is 16.5. The molecule has 4 rings (SSSR count). The van der Waals surface area contributed by atoms with E-state index in [9.17, 15) is 14.4 Å². The molecule has 0 bridgehead atoms. The zero-order valence-electron chi connectivity index (χ0n) is 19.5. The summed E-state index contributed by atoms with van der Waals surface area (Å²) < 4.78 is 5.62. The summed E-state index contributed by atoms with van der Waals surface area (Å²) in [5.41, 5.74) is 4.69. The molecule has 34 heavy (non-hydrogen) atoms. The first-order chi connectivity index (χ1) is 16.4. The van der Waals surface area contributed by atoms with Crippen LogP contribution in [0.3, 0.4) is 0 Å². The molecule has 0 heterocycles. The van der Waals surface area contributed by atoms with Gasteiger partial charge in [-0.1, -0.05) is 61.4 Å². The SMILES string of the molecule is CC(CC(=O)O)NC(=O)C1CCCCC1CNC(=O)OCC1c2ccccc2-c2ccccc21. The van der Waals surface area contributed by atoms with E-state index in [0.29, 0.717) is 6.54 Å². The van der Waals surface area contributed by atoms with E-state index in [2.05, 4.69) is 34.9 Å². The van der Waals surface area contributed by atoms with Crippen LogP contribution < -0.4 is 10.6 Å². The van der Waals surface area contributed by atoms with E-state index in [1.54, 1.807) is 6.92 Å². The molecule has 7 heteroatoms. The molecule has 0 saturated heterocycles. The summed E-state index contributed by atoms with van der Waals surface area (Å²) in [5.74, 6) is -1.30. The molecule has 0 aromatic heterocycles. The van der Waals surface area contributed by atoms with Gasteiger partial charge < -0.3 is 20.5 Å². The second-order valence-electron chi connectivity index (χ2n) is 9.36. The van der Waals surface area contributed by atoms with Crippen LogP contribution in [0, 0.1) is 11.8 Å². The highest BCUT2D eigenvalue weighted by Crippen LogP contribution is 2.44. The lowest BCUT2D eigenvalue weighted by molar-refractivity contribution is -0.137. The lowest BCUT2D eigenvalue weighted by Crippen LogP contribution is -2.44. The summed E-state index contributed by atoms with van der Waals surface area (Å²) in [6.45, 7) is 2.31. The number of ether oxygens (including phenoxy) is 1. The first-order valence-corrected chi connectivity index (χ1v) is 12.0. The summed E-state index contributed by atoms with van der Waals surface area (Å²) in [6.07, 6.45) is 2.95. The zero-order valence-corrected chi connectivity index (χ0v) is 19.5. The Hall–Kier alpha value is -3.35. The normalized spacial score (nSPS) is 20.0. The minimum atomic E-state index is -0.940. The van der Waals surface area contributed by atoms with Gasteiger partial charge in [-0.2, -0.15) is 0 Å². The molecule has 0 aliphatic heterocycles. The summed E-state index contributed by atoms with van der Waals surface area (Å²) >= 11 is 0. The number of hydrogen-bond donors (Lipinski definition) is 3. The van der Waals surface area contributed by atoms with Crippen molar-refractivity contribution in [3.8, 4) is 11.1 Å². The first-order valence-electron chi connectivity index (χ1n) is 12.0. The Labute approximate surface area is 199 Å². The average molecular weight is 465 g/mol. The van der Waals surface area contributed by atoms with Gasteiger partial charge in [-0.25, -0.2) is 4.79 Å². The van der Waals surface area contributed by atoms with Gasteiger partial charge in [-0.05, 0) is 47.9 Å². The Morgan fingerprint density at radius 3 is 2.26 bits per heavy atom. The van der Waals surface area contributed by atoms with Gasteiger partial charge in [-0.15, -0.1) is 0 Å². The van der Waals surface area contributed by atoms with Crippen molar-refractivity contribution in [3.63, 3.8) is 0 Å². The number of carbonyl (C=O) groups excluding carboxylic acids is 2. The van der Waals surface area contributed by atoms with Crippen molar-refractivity contribution in [1.29, 1.82) is 0 Å². The van der Waals surface area contributed by atoms with Crippen LogP contribution >= 0.6 is 0 Å². The summed E-state index contributed by atoms with van der Waals surface area (Å²) in [7, 11) is 0. The number of alkyl carbamates (subject to hydrolysis) is 1. The number of fused-ring (bicyclic) bond motifs is 3. The van der Waals surface area contributed by atoms with E-state index in [4.69, 9.17) is 9.84 Å². The molecular weight excluding hydrogens is 432 g/mol. The molecular formula is C27H32N2O5. The van der Waals surface area contributed by atoms with Crippen molar-refractivity contribution in [2.24, 2.45) is 11.8 Å². The molecule has 2 aliphatic rings. The standard InChI is InChI=1S/C27H32N2O5/c1-17(14-25(30)31)29-26(32)19-9-3-2-8-18(19)15-28-27(33)34-16-24-22-12-6-4-10-20(22)21-11-5-7-13-23(21)24/h4-7,10-13,17-19,24H,2-3,8-9,14-16H2,1H3,(H,28,33)(H,29,32)(H,30,31). The van der Waals surface area contributed by atoms with E-state index < -0.39 is 18.1 Å². The third kappa shape index (κ3) is 5.41. The molecule has 1 fully saturated rings. The summed E-state index contributed by atoms with van der Waals surface area (Å²) in [5, 5.41) is 14.6. The van der Waals surface area contributed by atoms with Crippen molar-refractivity contribution in [2.45, 2.75) is 51.0 Å². The van der Waals surface area contributed by atoms with Gasteiger partial charge in [0.2, 0.25) is 5.91 Å². The predicted molar refractivity (Wildman–Crippen MR) is 128 cm³/mol. The van der Waals surface area contributed by atoms with Gasteiger partial charge >= 0.3 is 12.1 Å². The molecule has 2 aromatic rings. The third-order valence-corrected chi connectivity index (χ3v) is 6.97. The van der Waals surface area contributed by atoms with E-state index >= 15 is 0 Å². The molecule has 7 nitrogen and oxygen atoms in total. The molecule has 0 radical (unpaired) electrons. The van der Waals surface area contributed by atoms with Crippen LogP contribution in [-0.4, -0.2) is 42.3 Å². The van der Waals surface area contributed by atoms with Crippen LogP contribution in [0.5, 0.6) is 0 Å². The molecule has 1 saturated carbocycles. The van der Waals surface area contributed by atoms with Gasteiger partial charge in [0.15, 0.2) is 0 Å². The Balaban J connectivity index is 1.31. The Kier molecular flexibility index (Phi) is 7.50. The number of aliphatic carboxylic acids is 1. The number of amides is 2. The molecule has 3 unspecified atom stereocenters. The second kappa shape index (κ2) is 10.7. The second-order valence-corrected chi connectivity index (χ2v) is 9.36. The lowest BCUT2D eigenvalue weighted by Gasteiger charge is -2.31. The number of rotatable bonds is 8. The van der Waals surface area contributed by atoms with Crippen molar-refractivity contribution in [3.05, 3.63) is 59.7 Å². The monoisotopic (exact) mass is 464 g/mol. The number of nitrogens with one attached hydrogen (secondary N) is 2. The van der Waals surface area contributed by atoms with Crippen LogP contribution in [0.25, 0.3) is 11.1 Å². The topological polar surface area (TPSA) is 105 Å². The fourth-order valence-electron chi connectivity index (χ4n) is 5.32. The van der Waals surface area contributed by atoms with Crippen LogP contribution in [-0.2, 0) is 14.3 Å². The smallest absolute Gasteiger partial charge is 0.407 e. The lowest BCUT2D eigenvalue weighted by atomic mass is 9.78. The number of carboxylic acid groups (broad SMARTS) is 1. The van der Waals surface area contributed by atoms with E-state index in [1.165, 1.54) is 11.1 Å². The molecule has 2 aromatic carbocycles. The Morgan fingerprint density at radius 2 is 1.62 bits per heavy atom. The highest BCUT2D eigenvalue weighted by Gasteiger charge is 2.33. The first kappa shape index (κ1) is 23.8. The van der Waals surface area contributed by atoms with Gasteiger partial charge in [0, 0.05) is 24.4 Å². The van der Waals surface area contributed by atoms with Crippen molar-refractivity contribution < 1.29 is 24.2 Å². The fourth-order valence-corrected chi connectivity index (χ4v) is 5.32. The molecule has 3 atom stereocenters. The van der Waals surface area contributed by atoms with Crippen molar-refractivity contribution in [2.75, 3.05) is 13.2 Å². The van der Waals surface area contributed by atoms with Crippen LogP contribution in [0.1, 0.15) is 56.1 Å². The highest BCUT2D eigenvalue weighted by molar-refractivity contribution is 5.80. The molecule has 2 amide bonds. The minimum absolute atomic E-state index is 0.00193. The molecule has 2 aliphatic carbocycles. The maximum Gasteiger partial charge on any atom is 0.407 e. The van der Waals surface area contributed by atoms with Crippen LogP contribution in [0.15, 0.2) is 48.5 Å². The predicted octanol–water partition coefficient (Wildman–Crippen LogP) is 4.31. The Morgan fingerprint density at radius 1 is 1.00 bits per heavy atom. The van der Waals surface area contributed by atoms with Crippen LogP contribution in [0.2, 0.25) is 0 Å². The average Bonchev–Trinajstić information content (AvgIpc) is 3.14. The largest absolute Gasteiger partial charge is 0.481 e. The van der Waals surface area contributed by atoms with E-state index in [-0.39, 0.29) is 36.7 Å². The Bertz CT molecular complexity index is 1010. The molecule has 0 spiro atoms. The van der Waals surface area contributed by atoms with E-state index in [0.717, 1.165) is 36.8 Å². The zero-order chi connectivity index (χ0) is 24.1.